The quantitative estimate of drug-likeness (QED) is 0.677. The number of hydrogen-bond acceptors (Lipinski definition) is 3. The maximum atomic E-state index is 11.4. The van der Waals surface area contributed by atoms with E-state index in [1.54, 1.807) is 0 Å². The first-order valence-electron chi connectivity index (χ1n) is 5.77. The Bertz CT molecular complexity index is 191. The first-order chi connectivity index (χ1) is 7.22. The van der Waals surface area contributed by atoms with Crippen LogP contribution in [0.3, 0.4) is 0 Å². The van der Waals surface area contributed by atoms with Gasteiger partial charge < -0.3 is 15.8 Å². The van der Waals surface area contributed by atoms with Gasteiger partial charge >= 0.3 is 0 Å². The monoisotopic (exact) mass is 214 g/mol. The zero-order valence-corrected chi connectivity index (χ0v) is 9.50. The number of hydrogen-bond donors (Lipinski definition) is 2. The van der Waals surface area contributed by atoms with Gasteiger partial charge in [-0.25, -0.2) is 0 Å². The molecule has 0 bridgehead atoms. The van der Waals surface area contributed by atoms with Crippen molar-refractivity contribution in [2.75, 3.05) is 26.3 Å². The molecule has 0 aromatic rings. The lowest BCUT2D eigenvalue weighted by Gasteiger charge is -2.11. The summed E-state index contributed by atoms with van der Waals surface area (Å²) in [6.45, 7) is 5.07. The summed E-state index contributed by atoms with van der Waals surface area (Å²) >= 11 is 0. The van der Waals surface area contributed by atoms with Crippen molar-refractivity contribution >= 4 is 5.91 Å². The second kappa shape index (κ2) is 6.80. The number of amides is 1. The van der Waals surface area contributed by atoms with Crippen molar-refractivity contribution in [1.29, 1.82) is 0 Å². The number of carbonyl (C=O) groups excluding carboxylic acids is 1. The van der Waals surface area contributed by atoms with Crippen molar-refractivity contribution in [3.8, 4) is 0 Å². The van der Waals surface area contributed by atoms with Crippen molar-refractivity contribution in [3.05, 3.63) is 0 Å². The third kappa shape index (κ3) is 5.14. The second-order valence-corrected chi connectivity index (χ2v) is 4.41. The first-order valence-corrected chi connectivity index (χ1v) is 5.77. The Labute approximate surface area is 91.5 Å². The first kappa shape index (κ1) is 12.5. The molecule has 1 heterocycles. The van der Waals surface area contributed by atoms with Crippen LogP contribution in [-0.4, -0.2) is 32.2 Å². The Hall–Kier alpha value is -0.610. The summed E-state index contributed by atoms with van der Waals surface area (Å²) in [4.78, 5) is 11.4. The molecule has 0 radical (unpaired) electrons. The largest absolute Gasteiger partial charge is 0.381 e. The molecule has 88 valence electrons. The Balaban J connectivity index is 2.01. The molecule has 0 aliphatic carbocycles. The number of carbonyl (C=O) groups is 1. The summed E-state index contributed by atoms with van der Waals surface area (Å²) in [6.07, 6.45) is 2.70. The van der Waals surface area contributed by atoms with Crippen molar-refractivity contribution in [1.82, 2.24) is 5.32 Å². The summed E-state index contributed by atoms with van der Waals surface area (Å²) < 4.78 is 5.27. The van der Waals surface area contributed by atoms with Gasteiger partial charge in [-0.05, 0) is 31.2 Å². The van der Waals surface area contributed by atoms with E-state index < -0.39 is 0 Å². The lowest BCUT2D eigenvalue weighted by atomic mass is 10.0. The van der Waals surface area contributed by atoms with E-state index >= 15 is 0 Å². The molecule has 2 atom stereocenters. The van der Waals surface area contributed by atoms with E-state index in [0.717, 1.165) is 32.6 Å². The SMILES string of the molecule is CC(CN)CC(=O)NCCC1CCOC1. The van der Waals surface area contributed by atoms with Crippen molar-refractivity contribution in [3.63, 3.8) is 0 Å². The third-order valence-electron chi connectivity index (χ3n) is 2.83. The maximum absolute atomic E-state index is 11.4. The van der Waals surface area contributed by atoms with Crippen LogP contribution < -0.4 is 11.1 Å². The second-order valence-electron chi connectivity index (χ2n) is 4.41. The Morgan fingerprint density at radius 2 is 2.47 bits per heavy atom. The van der Waals surface area contributed by atoms with E-state index in [2.05, 4.69) is 5.32 Å². The van der Waals surface area contributed by atoms with E-state index in [9.17, 15) is 4.79 Å². The Morgan fingerprint density at radius 3 is 3.07 bits per heavy atom. The molecule has 1 aliphatic heterocycles. The Morgan fingerprint density at radius 1 is 1.67 bits per heavy atom. The minimum atomic E-state index is 0.117. The average molecular weight is 214 g/mol. The predicted octanol–water partition coefficient (Wildman–Crippen LogP) is 0.514. The van der Waals surface area contributed by atoms with Crippen molar-refractivity contribution in [2.24, 2.45) is 17.6 Å². The molecule has 1 fully saturated rings. The lowest BCUT2D eigenvalue weighted by molar-refractivity contribution is -0.121. The topological polar surface area (TPSA) is 64.4 Å². The fourth-order valence-electron chi connectivity index (χ4n) is 1.70. The van der Waals surface area contributed by atoms with Gasteiger partial charge in [0.05, 0.1) is 0 Å². The van der Waals surface area contributed by atoms with Gasteiger partial charge in [-0.3, -0.25) is 4.79 Å². The lowest BCUT2D eigenvalue weighted by Crippen LogP contribution is -2.29. The zero-order chi connectivity index (χ0) is 11.1. The van der Waals surface area contributed by atoms with Crippen LogP contribution >= 0.6 is 0 Å². The summed E-state index contributed by atoms with van der Waals surface area (Å²) in [6, 6.07) is 0. The minimum Gasteiger partial charge on any atom is -0.381 e. The molecule has 1 amide bonds. The molecule has 4 nitrogen and oxygen atoms in total. The third-order valence-corrected chi connectivity index (χ3v) is 2.83. The Kier molecular flexibility index (Phi) is 5.65. The highest BCUT2D eigenvalue weighted by molar-refractivity contribution is 5.76. The fraction of sp³-hybridized carbons (Fsp3) is 0.909. The van der Waals surface area contributed by atoms with Crippen LogP contribution in [0.2, 0.25) is 0 Å². The number of ether oxygens (including phenoxy) is 1. The maximum Gasteiger partial charge on any atom is 0.220 e. The highest BCUT2D eigenvalue weighted by atomic mass is 16.5. The standard InChI is InChI=1S/C11H22N2O2/c1-9(7-12)6-11(14)13-4-2-10-3-5-15-8-10/h9-10H,2-8,12H2,1H3,(H,13,14). The van der Waals surface area contributed by atoms with E-state index in [1.807, 2.05) is 6.92 Å². The van der Waals surface area contributed by atoms with Crippen LogP contribution in [0, 0.1) is 11.8 Å². The molecule has 1 rings (SSSR count). The van der Waals surface area contributed by atoms with Crippen LogP contribution in [0.1, 0.15) is 26.2 Å². The molecule has 1 saturated heterocycles. The minimum absolute atomic E-state index is 0.117. The van der Waals surface area contributed by atoms with Crippen LogP contribution in [-0.2, 0) is 9.53 Å². The molecule has 0 saturated carbocycles. The molecule has 3 N–H and O–H groups in total. The normalized spacial score (nSPS) is 22.7. The summed E-state index contributed by atoms with van der Waals surface area (Å²) in [5, 5.41) is 2.92. The number of nitrogens with one attached hydrogen (secondary N) is 1. The number of rotatable bonds is 6. The summed E-state index contributed by atoms with van der Waals surface area (Å²) in [5.41, 5.74) is 5.45. The van der Waals surface area contributed by atoms with Gasteiger partial charge in [0, 0.05) is 26.2 Å². The van der Waals surface area contributed by atoms with E-state index in [4.69, 9.17) is 10.5 Å². The van der Waals surface area contributed by atoms with Crippen LogP contribution in [0.5, 0.6) is 0 Å². The zero-order valence-electron chi connectivity index (χ0n) is 9.50. The summed E-state index contributed by atoms with van der Waals surface area (Å²) in [5.74, 6) is 1.03. The van der Waals surface area contributed by atoms with Gasteiger partial charge in [-0.2, -0.15) is 0 Å². The number of nitrogens with two attached hydrogens (primary N) is 1. The van der Waals surface area contributed by atoms with E-state index in [0.29, 0.717) is 18.9 Å². The van der Waals surface area contributed by atoms with Crippen LogP contribution in [0.15, 0.2) is 0 Å². The molecular formula is C11H22N2O2. The predicted molar refractivity (Wildman–Crippen MR) is 59.4 cm³/mol. The molecule has 1 aliphatic rings. The van der Waals surface area contributed by atoms with Crippen LogP contribution in [0.4, 0.5) is 0 Å². The van der Waals surface area contributed by atoms with Gasteiger partial charge in [0.15, 0.2) is 0 Å². The smallest absolute Gasteiger partial charge is 0.220 e. The average Bonchev–Trinajstić information content (AvgIpc) is 2.70. The molecule has 0 aromatic heterocycles. The van der Waals surface area contributed by atoms with Gasteiger partial charge in [-0.15, -0.1) is 0 Å². The van der Waals surface area contributed by atoms with Crippen LogP contribution in [0.25, 0.3) is 0 Å². The highest BCUT2D eigenvalue weighted by Gasteiger charge is 2.15. The van der Waals surface area contributed by atoms with Gasteiger partial charge in [0.1, 0.15) is 0 Å². The van der Waals surface area contributed by atoms with E-state index in [-0.39, 0.29) is 11.8 Å². The molecule has 4 heteroatoms. The van der Waals surface area contributed by atoms with Gasteiger partial charge in [0.25, 0.3) is 0 Å². The molecule has 0 aromatic carbocycles. The molecule has 0 spiro atoms. The molecule has 2 unspecified atom stereocenters. The summed E-state index contributed by atoms with van der Waals surface area (Å²) in [7, 11) is 0. The van der Waals surface area contributed by atoms with Crippen molar-refractivity contribution in [2.45, 2.75) is 26.2 Å². The fourth-order valence-corrected chi connectivity index (χ4v) is 1.70. The van der Waals surface area contributed by atoms with E-state index in [1.165, 1.54) is 0 Å². The van der Waals surface area contributed by atoms with Gasteiger partial charge in [-0.1, -0.05) is 6.92 Å². The molecule has 15 heavy (non-hydrogen) atoms. The van der Waals surface area contributed by atoms with Gasteiger partial charge in [0.2, 0.25) is 5.91 Å². The van der Waals surface area contributed by atoms with Crippen molar-refractivity contribution < 1.29 is 9.53 Å². The molecular weight excluding hydrogens is 192 g/mol. The highest BCUT2D eigenvalue weighted by Crippen LogP contribution is 2.15.